The zero-order valence-corrected chi connectivity index (χ0v) is 18.7. The van der Waals surface area contributed by atoms with Gasteiger partial charge in [-0.3, -0.25) is 4.79 Å². The summed E-state index contributed by atoms with van der Waals surface area (Å²) in [6, 6.07) is 12.4. The smallest absolute Gasteiger partial charge is 0.315 e. The number of hydrogen-bond donors (Lipinski definition) is 3. The molecule has 1 fully saturated rings. The highest BCUT2D eigenvalue weighted by molar-refractivity contribution is 5.84. The van der Waals surface area contributed by atoms with Crippen LogP contribution in [0.25, 0.3) is 0 Å². The van der Waals surface area contributed by atoms with Crippen molar-refractivity contribution < 1.29 is 19.1 Å². The van der Waals surface area contributed by atoms with E-state index in [2.05, 4.69) is 10.6 Å². The molecule has 172 valence electrons. The highest BCUT2D eigenvalue weighted by atomic mass is 16.5. The summed E-state index contributed by atoms with van der Waals surface area (Å²) in [5.41, 5.74) is 8.20. The summed E-state index contributed by atoms with van der Waals surface area (Å²) in [5.74, 6) is 1.33. The number of amides is 3. The van der Waals surface area contributed by atoms with Gasteiger partial charge in [0.15, 0.2) is 0 Å². The lowest BCUT2D eigenvalue weighted by Crippen LogP contribution is -2.44. The van der Waals surface area contributed by atoms with Gasteiger partial charge in [0.1, 0.15) is 11.5 Å². The van der Waals surface area contributed by atoms with Gasteiger partial charge in [0.2, 0.25) is 5.91 Å². The summed E-state index contributed by atoms with van der Waals surface area (Å²) in [6.45, 7) is 0.919. The maximum atomic E-state index is 13.1. The lowest BCUT2D eigenvalue weighted by atomic mass is 9.99. The second-order valence-corrected chi connectivity index (χ2v) is 7.84. The van der Waals surface area contributed by atoms with Crippen molar-refractivity contribution >= 4 is 17.6 Å². The molecule has 0 bridgehead atoms. The molecule has 1 heterocycles. The first-order valence-corrected chi connectivity index (χ1v) is 10.9. The van der Waals surface area contributed by atoms with Crippen LogP contribution >= 0.6 is 0 Å². The van der Waals surface area contributed by atoms with Crippen molar-refractivity contribution in [2.24, 2.45) is 0 Å². The van der Waals surface area contributed by atoms with Crippen LogP contribution in [0.5, 0.6) is 11.5 Å². The van der Waals surface area contributed by atoms with E-state index in [1.165, 1.54) is 0 Å². The summed E-state index contributed by atoms with van der Waals surface area (Å²) in [7, 11) is 3.25. The Bertz CT molecular complexity index is 917. The molecule has 1 aliphatic heterocycles. The van der Waals surface area contributed by atoms with E-state index < -0.39 is 0 Å². The number of nitrogens with zero attached hydrogens (tertiary/aromatic N) is 1. The largest absolute Gasteiger partial charge is 0.497 e. The van der Waals surface area contributed by atoms with Gasteiger partial charge in [-0.2, -0.15) is 0 Å². The van der Waals surface area contributed by atoms with Gasteiger partial charge in [0, 0.05) is 24.3 Å². The number of likely N-dealkylation sites (tertiary alicyclic amines) is 1. The van der Waals surface area contributed by atoms with Gasteiger partial charge in [-0.05, 0) is 48.7 Å². The number of anilines is 1. The average molecular weight is 441 g/mol. The van der Waals surface area contributed by atoms with Crippen molar-refractivity contribution in [1.82, 2.24) is 15.5 Å². The quantitative estimate of drug-likeness (QED) is 0.573. The van der Waals surface area contributed by atoms with Crippen LogP contribution in [0.15, 0.2) is 42.5 Å². The third kappa shape index (κ3) is 6.06. The molecule has 0 spiro atoms. The Kier molecular flexibility index (Phi) is 8.19. The Morgan fingerprint density at radius 1 is 1.03 bits per heavy atom. The molecule has 32 heavy (non-hydrogen) atoms. The van der Waals surface area contributed by atoms with Gasteiger partial charge in [-0.15, -0.1) is 0 Å². The van der Waals surface area contributed by atoms with Crippen LogP contribution in [0, 0.1) is 0 Å². The first-order chi connectivity index (χ1) is 15.5. The molecule has 1 unspecified atom stereocenters. The minimum Gasteiger partial charge on any atom is -0.497 e. The van der Waals surface area contributed by atoms with Crippen LogP contribution in [-0.4, -0.2) is 44.1 Å². The summed E-state index contributed by atoms with van der Waals surface area (Å²) in [6.07, 6.45) is 3.84. The fourth-order valence-corrected chi connectivity index (χ4v) is 3.97. The van der Waals surface area contributed by atoms with E-state index in [1.54, 1.807) is 26.4 Å². The minimum absolute atomic E-state index is 0.0731. The topological polar surface area (TPSA) is 106 Å². The third-order valence-corrected chi connectivity index (χ3v) is 5.70. The molecule has 3 amide bonds. The predicted molar refractivity (Wildman–Crippen MR) is 124 cm³/mol. The van der Waals surface area contributed by atoms with E-state index >= 15 is 0 Å². The molecule has 1 aliphatic rings. The second kappa shape index (κ2) is 11.3. The average Bonchev–Trinajstić information content (AvgIpc) is 3.08. The molecule has 0 aliphatic carbocycles. The first kappa shape index (κ1) is 23.2. The van der Waals surface area contributed by atoms with Crippen LogP contribution in [0.4, 0.5) is 10.5 Å². The van der Waals surface area contributed by atoms with Gasteiger partial charge in [0.05, 0.1) is 26.8 Å². The van der Waals surface area contributed by atoms with Gasteiger partial charge in [0.25, 0.3) is 0 Å². The summed E-state index contributed by atoms with van der Waals surface area (Å²) >= 11 is 0. The molecule has 0 aromatic heterocycles. The lowest BCUT2D eigenvalue weighted by Gasteiger charge is -2.31. The SMILES string of the molecule is COc1ccc(OC)c(C2CCCCCN2C(=O)CNC(=O)NCc2ccc(N)cc2)c1. The van der Waals surface area contributed by atoms with Crippen molar-refractivity contribution in [1.29, 1.82) is 0 Å². The Balaban J connectivity index is 1.64. The Hall–Kier alpha value is -3.42. The van der Waals surface area contributed by atoms with Gasteiger partial charge in [-0.25, -0.2) is 4.79 Å². The highest BCUT2D eigenvalue weighted by Crippen LogP contribution is 2.37. The molecular formula is C24H32N4O4. The standard InChI is InChI=1S/C24H32N4O4/c1-31-19-11-12-22(32-2)20(14-19)21-6-4-3-5-13-28(21)23(29)16-27-24(30)26-15-17-7-9-18(25)10-8-17/h7-12,14,21H,3-6,13,15-16,25H2,1-2H3,(H2,26,27,30). The van der Waals surface area contributed by atoms with E-state index in [1.807, 2.05) is 35.2 Å². The number of urea groups is 1. The second-order valence-electron chi connectivity index (χ2n) is 7.84. The Labute approximate surface area is 189 Å². The van der Waals surface area contributed by atoms with E-state index in [-0.39, 0.29) is 24.5 Å². The molecule has 8 nitrogen and oxygen atoms in total. The number of ether oxygens (including phenoxy) is 2. The first-order valence-electron chi connectivity index (χ1n) is 10.9. The number of carbonyl (C=O) groups excluding carboxylic acids is 2. The fraction of sp³-hybridized carbons (Fsp3) is 0.417. The van der Waals surface area contributed by atoms with Gasteiger partial charge >= 0.3 is 6.03 Å². The lowest BCUT2D eigenvalue weighted by molar-refractivity contribution is -0.132. The van der Waals surface area contributed by atoms with Crippen LogP contribution < -0.4 is 25.8 Å². The normalized spacial score (nSPS) is 16.1. The number of hydrogen-bond acceptors (Lipinski definition) is 5. The van der Waals surface area contributed by atoms with Crippen molar-refractivity contribution in [2.45, 2.75) is 38.3 Å². The minimum atomic E-state index is -0.388. The summed E-state index contributed by atoms with van der Waals surface area (Å²) in [4.78, 5) is 27.2. The van der Waals surface area contributed by atoms with Crippen molar-refractivity contribution in [2.75, 3.05) is 33.0 Å². The number of methoxy groups -OCH3 is 2. The number of nitrogens with two attached hydrogens (primary N) is 1. The molecule has 1 saturated heterocycles. The number of carbonyl (C=O) groups is 2. The van der Waals surface area contributed by atoms with Crippen molar-refractivity contribution in [3.8, 4) is 11.5 Å². The number of benzene rings is 2. The summed E-state index contributed by atoms with van der Waals surface area (Å²) in [5, 5.41) is 5.45. The molecule has 2 aromatic rings. The van der Waals surface area contributed by atoms with Crippen LogP contribution in [0.3, 0.4) is 0 Å². The molecular weight excluding hydrogens is 408 g/mol. The molecule has 8 heteroatoms. The highest BCUT2D eigenvalue weighted by Gasteiger charge is 2.29. The number of rotatable bonds is 7. The van der Waals surface area contributed by atoms with Crippen molar-refractivity contribution in [3.63, 3.8) is 0 Å². The monoisotopic (exact) mass is 440 g/mol. The molecule has 0 radical (unpaired) electrons. The molecule has 3 rings (SSSR count). The molecule has 1 atom stereocenters. The van der Waals surface area contributed by atoms with Crippen molar-refractivity contribution in [3.05, 3.63) is 53.6 Å². The summed E-state index contributed by atoms with van der Waals surface area (Å²) < 4.78 is 11.0. The van der Waals surface area contributed by atoms with Crippen LogP contribution in [-0.2, 0) is 11.3 Å². The molecule has 2 aromatic carbocycles. The van der Waals surface area contributed by atoms with E-state index in [0.29, 0.717) is 18.8 Å². The van der Waals surface area contributed by atoms with Gasteiger partial charge < -0.3 is 30.7 Å². The van der Waals surface area contributed by atoms with E-state index in [9.17, 15) is 9.59 Å². The third-order valence-electron chi connectivity index (χ3n) is 5.70. The Morgan fingerprint density at radius 2 is 1.81 bits per heavy atom. The Morgan fingerprint density at radius 3 is 2.53 bits per heavy atom. The van der Waals surface area contributed by atoms with E-state index in [0.717, 1.165) is 48.3 Å². The fourth-order valence-electron chi connectivity index (χ4n) is 3.97. The zero-order chi connectivity index (χ0) is 22.9. The number of nitrogens with one attached hydrogen (secondary N) is 2. The van der Waals surface area contributed by atoms with Crippen LogP contribution in [0.1, 0.15) is 42.9 Å². The van der Waals surface area contributed by atoms with Crippen LogP contribution in [0.2, 0.25) is 0 Å². The molecule has 0 saturated carbocycles. The maximum Gasteiger partial charge on any atom is 0.315 e. The van der Waals surface area contributed by atoms with Gasteiger partial charge in [-0.1, -0.05) is 25.0 Å². The number of nitrogen functional groups attached to an aromatic ring is 1. The zero-order valence-electron chi connectivity index (χ0n) is 18.7. The molecule has 4 N–H and O–H groups in total. The van der Waals surface area contributed by atoms with E-state index in [4.69, 9.17) is 15.2 Å². The maximum absolute atomic E-state index is 13.1. The predicted octanol–water partition coefficient (Wildman–Crippen LogP) is 3.23.